The normalized spacial score (nSPS) is 31.8. The Morgan fingerprint density at radius 2 is 1.74 bits per heavy atom. The lowest BCUT2D eigenvalue weighted by Crippen LogP contribution is -2.55. The van der Waals surface area contributed by atoms with Crippen LogP contribution in [0.4, 0.5) is 9.59 Å². The minimum absolute atomic E-state index is 0.148. The fourth-order valence-electron chi connectivity index (χ4n) is 6.31. The van der Waals surface area contributed by atoms with E-state index in [0.29, 0.717) is 43.2 Å². The van der Waals surface area contributed by atoms with Crippen molar-refractivity contribution in [1.29, 1.82) is 0 Å². The number of carbonyl (C=O) groups is 2. The maximum atomic E-state index is 12.5. The first-order chi connectivity index (χ1) is 15.0. The highest BCUT2D eigenvalue weighted by molar-refractivity contribution is 5.68. The zero-order valence-corrected chi connectivity index (χ0v) is 19.2. The van der Waals surface area contributed by atoms with E-state index in [9.17, 15) is 9.59 Å². The largest absolute Gasteiger partial charge is 0.450 e. The average Bonchev–Trinajstić information content (AvgIpc) is 3.41. The van der Waals surface area contributed by atoms with Gasteiger partial charge < -0.3 is 28.9 Å². The van der Waals surface area contributed by atoms with Crippen LogP contribution in [0.15, 0.2) is 0 Å². The van der Waals surface area contributed by atoms with Crippen LogP contribution in [0.1, 0.15) is 51.9 Å². The van der Waals surface area contributed by atoms with Gasteiger partial charge in [-0.05, 0) is 76.3 Å². The fraction of sp³-hybridized carbons (Fsp3) is 0.913. The van der Waals surface area contributed by atoms with Crippen molar-refractivity contribution in [3.63, 3.8) is 0 Å². The molecule has 0 aromatic heterocycles. The Morgan fingerprint density at radius 1 is 0.968 bits per heavy atom. The van der Waals surface area contributed by atoms with Crippen LogP contribution >= 0.6 is 0 Å². The monoisotopic (exact) mass is 437 g/mol. The number of nitrogens with zero attached hydrogens (tertiary/aromatic N) is 3. The van der Waals surface area contributed by atoms with Gasteiger partial charge in [0.25, 0.3) is 0 Å². The first kappa shape index (κ1) is 22.6. The molecule has 3 aliphatic heterocycles. The van der Waals surface area contributed by atoms with Crippen LogP contribution in [0.2, 0.25) is 0 Å². The molecule has 2 amide bonds. The third-order valence-corrected chi connectivity index (χ3v) is 7.98. The summed E-state index contributed by atoms with van der Waals surface area (Å²) < 4.78 is 15.5. The van der Waals surface area contributed by atoms with Gasteiger partial charge in [0.15, 0.2) is 0 Å². The molecule has 1 saturated carbocycles. The SMILES string of the molecule is CCOC(=O)N1CCC2(CC(N3CCC([C@@H]4CCCN4C(=O)OCCOC)CC3)C2)C1. The predicted octanol–water partition coefficient (Wildman–Crippen LogP) is 2.96. The van der Waals surface area contributed by atoms with Gasteiger partial charge in [0.2, 0.25) is 0 Å². The molecule has 1 aliphatic carbocycles. The van der Waals surface area contributed by atoms with Crippen LogP contribution in [0.25, 0.3) is 0 Å². The van der Waals surface area contributed by atoms with Crippen LogP contribution in [0.3, 0.4) is 0 Å². The highest BCUT2D eigenvalue weighted by Gasteiger charge is 2.51. The summed E-state index contributed by atoms with van der Waals surface area (Å²) in [5, 5.41) is 0. The summed E-state index contributed by atoms with van der Waals surface area (Å²) in [6, 6.07) is 0.986. The van der Waals surface area contributed by atoms with Crippen molar-refractivity contribution < 1.29 is 23.8 Å². The number of ether oxygens (including phenoxy) is 3. The summed E-state index contributed by atoms with van der Waals surface area (Å²) >= 11 is 0. The van der Waals surface area contributed by atoms with Crippen molar-refractivity contribution in [2.24, 2.45) is 11.3 Å². The molecule has 0 radical (unpaired) electrons. The Kier molecular flexibility index (Phi) is 7.26. The summed E-state index contributed by atoms with van der Waals surface area (Å²) in [6.45, 7) is 7.85. The molecule has 0 bridgehead atoms. The van der Waals surface area contributed by atoms with Crippen LogP contribution in [-0.2, 0) is 14.2 Å². The molecule has 4 aliphatic rings. The van der Waals surface area contributed by atoms with Gasteiger partial charge in [-0.15, -0.1) is 0 Å². The molecule has 4 fully saturated rings. The van der Waals surface area contributed by atoms with Gasteiger partial charge in [0.05, 0.1) is 13.2 Å². The van der Waals surface area contributed by atoms with Crippen molar-refractivity contribution in [2.75, 3.05) is 59.7 Å². The smallest absolute Gasteiger partial charge is 0.410 e. The average molecular weight is 438 g/mol. The molecule has 4 rings (SSSR count). The van der Waals surface area contributed by atoms with Crippen molar-refractivity contribution in [3.8, 4) is 0 Å². The van der Waals surface area contributed by atoms with Crippen molar-refractivity contribution in [2.45, 2.75) is 64.0 Å². The van der Waals surface area contributed by atoms with Gasteiger partial charge in [-0.2, -0.15) is 0 Å². The highest BCUT2D eigenvalue weighted by Crippen LogP contribution is 2.51. The number of hydrogen-bond acceptors (Lipinski definition) is 6. The number of methoxy groups -OCH3 is 1. The van der Waals surface area contributed by atoms with Crippen molar-refractivity contribution >= 4 is 12.2 Å². The molecule has 31 heavy (non-hydrogen) atoms. The van der Waals surface area contributed by atoms with E-state index in [1.54, 1.807) is 7.11 Å². The molecular weight excluding hydrogens is 398 g/mol. The van der Waals surface area contributed by atoms with E-state index >= 15 is 0 Å². The summed E-state index contributed by atoms with van der Waals surface area (Å²) in [7, 11) is 1.62. The fourth-order valence-corrected chi connectivity index (χ4v) is 6.31. The van der Waals surface area contributed by atoms with Crippen molar-refractivity contribution in [1.82, 2.24) is 14.7 Å². The minimum atomic E-state index is -0.171. The number of likely N-dealkylation sites (tertiary alicyclic amines) is 3. The lowest BCUT2D eigenvalue weighted by molar-refractivity contribution is -0.0162. The Balaban J connectivity index is 1.20. The second-order valence-electron chi connectivity index (χ2n) is 9.82. The van der Waals surface area contributed by atoms with Crippen LogP contribution in [-0.4, -0.2) is 98.6 Å². The molecule has 0 N–H and O–H groups in total. The van der Waals surface area contributed by atoms with Gasteiger partial charge in [-0.25, -0.2) is 9.59 Å². The Bertz CT molecular complexity index is 631. The van der Waals surface area contributed by atoms with E-state index in [0.717, 1.165) is 64.8 Å². The third kappa shape index (κ3) is 4.95. The van der Waals surface area contributed by atoms with E-state index in [1.165, 1.54) is 12.8 Å². The molecule has 1 atom stereocenters. The molecular formula is C23H39N3O5. The maximum absolute atomic E-state index is 12.5. The summed E-state index contributed by atoms with van der Waals surface area (Å²) in [4.78, 5) is 31.0. The maximum Gasteiger partial charge on any atom is 0.410 e. The highest BCUT2D eigenvalue weighted by atomic mass is 16.6. The molecule has 3 heterocycles. The Hall–Kier alpha value is -1.54. The number of rotatable bonds is 6. The minimum Gasteiger partial charge on any atom is -0.450 e. The predicted molar refractivity (Wildman–Crippen MR) is 116 cm³/mol. The number of amides is 2. The van der Waals surface area contributed by atoms with Crippen LogP contribution in [0.5, 0.6) is 0 Å². The Morgan fingerprint density at radius 3 is 2.45 bits per heavy atom. The third-order valence-electron chi connectivity index (χ3n) is 7.98. The molecule has 8 nitrogen and oxygen atoms in total. The Labute approximate surface area is 186 Å². The van der Waals surface area contributed by atoms with Gasteiger partial charge in [-0.1, -0.05) is 0 Å². The topological polar surface area (TPSA) is 71.6 Å². The molecule has 8 heteroatoms. The first-order valence-corrected chi connectivity index (χ1v) is 12.1. The van der Waals surface area contributed by atoms with Gasteiger partial charge >= 0.3 is 12.2 Å². The van der Waals surface area contributed by atoms with E-state index in [2.05, 4.69) is 4.90 Å². The second kappa shape index (κ2) is 9.94. The summed E-state index contributed by atoms with van der Waals surface area (Å²) in [5.41, 5.74) is 0.322. The zero-order valence-electron chi connectivity index (χ0n) is 19.2. The van der Waals surface area contributed by atoms with Gasteiger partial charge in [0.1, 0.15) is 6.61 Å². The molecule has 1 spiro atoms. The van der Waals surface area contributed by atoms with Gasteiger partial charge in [0, 0.05) is 38.8 Å². The lowest BCUT2D eigenvalue weighted by Gasteiger charge is -2.52. The van der Waals surface area contributed by atoms with Crippen LogP contribution < -0.4 is 0 Å². The van der Waals surface area contributed by atoms with E-state index in [4.69, 9.17) is 14.2 Å². The molecule has 0 unspecified atom stereocenters. The van der Waals surface area contributed by atoms with Crippen molar-refractivity contribution in [3.05, 3.63) is 0 Å². The molecule has 0 aromatic carbocycles. The van der Waals surface area contributed by atoms with E-state index < -0.39 is 0 Å². The van der Waals surface area contributed by atoms with E-state index in [-0.39, 0.29) is 12.2 Å². The zero-order chi connectivity index (χ0) is 21.8. The molecule has 3 saturated heterocycles. The number of piperidine rings is 1. The van der Waals surface area contributed by atoms with Gasteiger partial charge in [-0.3, -0.25) is 0 Å². The summed E-state index contributed by atoms with van der Waals surface area (Å²) in [6.07, 6.45) is 7.69. The van der Waals surface area contributed by atoms with E-state index in [1.807, 2.05) is 16.7 Å². The number of hydrogen-bond donors (Lipinski definition) is 0. The standard InChI is InChI=1S/C23H39N3O5/c1-3-30-21(27)25-12-8-23(17-25)15-19(16-23)24-10-6-18(7-11-24)20-5-4-9-26(20)22(28)31-14-13-29-2/h18-20H,3-17H2,1-2H3/t19?,20-,23?/m0/s1. The quantitative estimate of drug-likeness (QED) is 0.595. The lowest BCUT2D eigenvalue weighted by atomic mass is 9.64. The number of carbonyl (C=O) groups excluding carboxylic acids is 2. The molecule has 0 aromatic rings. The molecule has 176 valence electrons. The summed E-state index contributed by atoms with van der Waals surface area (Å²) in [5.74, 6) is 0.577. The first-order valence-electron chi connectivity index (χ1n) is 12.1. The van der Waals surface area contributed by atoms with Crippen LogP contribution in [0, 0.1) is 11.3 Å². The second-order valence-corrected chi connectivity index (χ2v) is 9.82.